The summed E-state index contributed by atoms with van der Waals surface area (Å²) in [5.74, 6) is 0.884. The Morgan fingerprint density at radius 2 is 1.60 bits per heavy atom. The molecule has 2 fully saturated rings. The molecule has 0 spiro atoms. The van der Waals surface area contributed by atoms with Gasteiger partial charge in [-0.3, -0.25) is 4.90 Å². The summed E-state index contributed by atoms with van der Waals surface area (Å²) in [6.45, 7) is 5.48. The average molecular weight is 429 g/mol. The first-order valence-electron chi connectivity index (χ1n) is 8.80. The lowest BCUT2D eigenvalue weighted by Gasteiger charge is -2.37. The van der Waals surface area contributed by atoms with Gasteiger partial charge < -0.3 is 10.6 Å². The van der Waals surface area contributed by atoms with Crippen LogP contribution in [-0.2, 0) is 0 Å². The summed E-state index contributed by atoms with van der Waals surface area (Å²) < 4.78 is 0. The number of benzene rings is 1. The minimum absolute atomic E-state index is 0. The maximum Gasteiger partial charge on any atom is 0.0825 e. The van der Waals surface area contributed by atoms with Crippen LogP contribution in [0, 0.1) is 5.92 Å². The van der Waals surface area contributed by atoms with E-state index in [1.165, 1.54) is 38.6 Å². The van der Waals surface area contributed by atoms with Crippen molar-refractivity contribution in [2.45, 2.75) is 38.1 Å². The molecule has 0 unspecified atom stereocenters. The van der Waals surface area contributed by atoms with Crippen molar-refractivity contribution in [1.29, 1.82) is 0 Å². The monoisotopic (exact) mass is 427 g/mol. The second-order valence-corrected chi connectivity index (χ2v) is 7.76. The summed E-state index contributed by atoms with van der Waals surface area (Å²) in [6.07, 6.45) is 6.39. The lowest BCUT2D eigenvalue weighted by molar-refractivity contribution is 0.217. The third kappa shape index (κ3) is 6.34. The molecule has 3 rings (SSSR count). The lowest BCUT2D eigenvalue weighted by Crippen LogP contribution is -2.47. The van der Waals surface area contributed by atoms with E-state index in [4.69, 9.17) is 28.9 Å². The van der Waals surface area contributed by atoms with Gasteiger partial charge in [0.1, 0.15) is 0 Å². The number of nitrogens with two attached hydrogens (primary N) is 1. The van der Waals surface area contributed by atoms with E-state index in [1.54, 1.807) is 0 Å². The predicted octanol–water partition coefficient (Wildman–Crippen LogP) is 4.87. The zero-order valence-corrected chi connectivity index (χ0v) is 17.6. The molecule has 7 heteroatoms. The van der Waals surface area contributed by atoms with Crippen molar-refractivity contribution < 1.29 is 0 Å². The maximum atomic E-state index is 6.34. The molecule has 1 aromatic rings. The molecule has 1 aromatic carbocycles. The Kier molecular flexibility index (Phi) is 10.2. The van der Waals surface area contributed by atoms with E-state index in [-0.39, 0.29) is 24.8 Å². The number of hydrogen-bond acceptors (Lipinski definition) is 3. The van der Waals surface area contributed by atoms with Crippen LogP contribution in [-0.4, -0.2) is 43.7 Å². The van der Waals surface area contributed by atoms with Gasteiger partial charge in [0.05, 0.1) is 15.7 Å². The summed E-state index contributed by atoms with van der Waals surface area (Å²) in [5, 5.41) is 1.32. The normalized spacial score (nSPS) is 24.4. The highest BCUT2D eigenvalue weighted by Crippen LogP contribution is 2.33. The van der Waals surface area contributed by atoms with E-state index in [2.05, 4.69) is 15.9 Å². The molecule has 2 aliphatic rings. The van der Waals surface area contributed by atoms with Gasteiger partial charge in [-0.25, -0.2) is 0 Å². The minimum Gasteiger partial charge on any atom is -0.368 e. The third-order valence-corrected chi connectivity index (χ3v) is 6.20. The second-order valence-electron chi connectivity index (χ2n) is 6.97. The summed E-state index contributed by atoms with van der Waals surface area (Å²) in [7, 11) is 0. The van der Waals surface area contributed by atoms with Crippen LogP contribution >= 0.6 is 48.0 Å². The molecule has 25 heavy (non-hydrogen) atoms. The Balaban J connectivity index is 0.00000156. The topological polar surface area (TPSA) is 32.5 Å². The summed E-state index contributed by atoms with van der Waals surface area (Å²) >= 11 is 12.5. The Bertz CT molecular complexity index is 513. The fourth-order valence-electron chi connectivity index (χ4n) is 3.79. The molecular formula is C18H29Cl4N3. The molecule has 0 aromatic heterocycles. The second kappa shape index (κ2) is 11.1. The highest BCUT2D eigenvalue weighted by Gasteiger charge is 2.22. The molecule has 0 radical (unpaired) electrons. The standard InChI is InChI=1S/C18H27Cl2N3.2ClH/c19-16-2-1-3-17(18(16)20)23-12-10-22(11-13-23)9-8-14-4-6-15(21)7-5-14;;/h1-3,14-15H,4-13,21H2;2*1H/t14-,15-;;. The molecule has 2 N–H and O–H groups in total. The van der Waals surface area contributed by atoms with Crippen LogP contribution < -0.4 is 10.6 Å². The van der Waals surface area contributed by atoms with Crippen LogP contribution in [0.25, 0.3) is 0 Å². The van der Waals surface area contributed by atoms with Gasteiger partial charge in [-0.2, -0.15) is 0 Å². The van der Waals surface area contributed by atoms with E-state index >= 15 is 0 Å². The van der Waals surface area contributed by atoms with Gasteiger partial charge in [0.25, 0.3) is 0 Å². The minimum atomic E-state index is 0. The molecule has 0 atom stereocenters. The number of rotatable bonds is 4. The molecule has 1 heterocycles. The fourth-order valence-corrected chi connectivity index (χ4v) is 4.21. The molecule has 144 valence electrons. The predicted molar refractivity (Wildman–Crippen MR) is 114 cm³/mol. The quantitative estimate of drug-likeness (QED) is 0.742. The van der Waals surface area contributed by atoms with Gasteiger partial charge >= 0.3 is 0 Å². The number of halogens is 4. The summed E-state index contributed by atoms with van der Waals surface area (Å²) in [6, 6.07) is 6.34. The van der Waals surface area contributed by atoms with Crippen molar-refractivity contribution in [1.82, 2.24) is 4.90 Å². The van der Waals surface area contributed by atoms with Crippen LogP contribution in [0.3, 0.4) is 0 Å². The van der Waals surface area contributed by atoms with Gasteiger partial charge in [-0.05, 0) is 56.7 Å². The van der Waals surface area contributed by atoms with Crippen LogP contribution in [0.15, 0.2) is 18.2 Å². The van der Waals surface area contributed by atoms with Crippen LogP contribution in [0.1, 0.15) is 32.1 Å². The van der Waals surface area contributed by atoms with Crippen LogP contribution in [0.4, 0.5) is 5.69 Å². The van der Waals surface area contributed by atoms with E-state index in [1.807, 2.05) is 12.1 Å². The van der Waals surface area contributed by atoms with E-state index in [9.17, 15) is 0 Å². The molecule has 1 saturated carbocycles. The number of hydrogen-bond donors (Lipinski definition) is 1. The Labute approximate surface area is 174 Å². The fraction of sp³-hybridized carbons (Fsp3) is 0.667. The van der Waals surface area contributed by atoms with Gasteiger partial charge in [0.15, 0.2) is 0 Å². The lowest BCUT2D eigenvalue weighted by atomic mass is 9.84. The van der Waals surface area contributed by atoms with Crippen molar-refractivity contribution in [3.8, 4) is 0 Å². The molecule has 0 amide bonds. The molecule has 0 bridgehead atoms. The van der Waals surface area contributed by atoms with Crippen LogP contribution in [0.2, 0.25) is 10.0 Å². The number of piperazine rings is 1. The van der Waals surface area contributed by atoms with Crippen molar-refractivity contribution in [3.63, 3.8) is 0 Å². The third-order valence-electron chi connectivity index (χ3n) is 5.39. The Morgan fingerprint density at radius 1 is 0.960 bits per heavy atom. The summed E-state index contributed by atoms with van der Waals surface area (Å²) in [4.78, 5) is 4.94. The molecule has 1 aliphatic heterocycles. The van der Waals surface area contributed by atoms with Crippen molar-refractivity contribution in [2.24, 2.45) is 11.7 Å². The van der Waals surface area contributed by atoms with E-state index < -0.39 is 0 Å². The first-order valence-corrected chi connectivity index (χ1v) is 9.56. The smallest absolute Gasteiger partial charge is 0.0825 e. The molecule has 3 nitrogen and oxygen atoms in total. The molecule has 1 saturated heterocycles. The van der Waals surface area contributed by atoms with E-state index in [0.717, 1.165) is 37.8 Å². The Hall–Kier alpha value is 0.1000. The van der Waals surface area contributed by atoms with Gasteiger partial charge in [0.2, 0.25) is 0 Å². The average Bonchev–Trinajstić information content (AvgIpc) is 2.57. The highest BCUT2D eigenvalue weighted by molar-refractivity contribution is 6.43. The summed E-state index contributed by atoms with van der Waals surface area (Å²) in [5.41, 5.74) is 7.06. The highest BCUT2D eigenvalue weighted by atomic mass is 35.5. The van der Waals surface area contributed by atoms with Gasteiger partial charge in [-0.15, -0.1) is 24.8 Å². The Morgan fingerprint density at radius 3 is 2.24 bits per heavy atom. The first kappa shape index (κ1) is 23.1. The van der Waals surface area contributed by atoms with Crippen molar-refractivity contribution in [2.75, 3.05) is 37.6 Å². The van der Waals surface area contributed by atoms with Crippen molar-refractivity contribution >= 4 is 53.7 Å². The maximum absolute atomic E-state index is 6.34. The molecular weight excluding hydrogens is 400 g/mol. The molecule has 1 aliphatic carbocycles. The SMILES string of the molecule is Cl.Cl.N[C@H]1CC[C@H](CCN2CCN(c3cccc(Cl)c3Cl)CC2)CC1. The first-order chi connectivity index (χ1) is 11.1. The van der Waals surface area contributed by atoms with Crippen LogP contribution in [0.5, 0.6) is 0 Å². The number of nitrogens with zero attached hydrogens (tertiary/aromatic N) is 2. The largest absolute Gasteiger partial charge is 0.368 e. The van der Waals surface area contributed by atoms with Gasteiger partial charge in [0, 0.05) is 32.2 Å². The zero-order valence-electron chi connectivity index (χ0n) is 14.5. The van der Waals surface area contributed by atoms with E-state index in [0.29, 0.717) is 16.1 Å². The van der Waals surface area contributed by atoms with Gasteiger partial charge in [-0.1, -0.05) is 29.3 Å². The number of anilines is 1. The van der Waals surface area contributed by atoms with Crippen molar-refractivity contribution in [3.05, 3.63) is 28.2 Å². The zero-order chi connectivity index (χ0) is 16.2.